The predicted molar refractivity (Wildman–Crippen MR) is 89.9 cm³/mol. The number of nitrogens with zero attached hydrogens (tertiary/aromatic N) is 1. The van der Waals surface area contributed by atoms with Gasteiger partial charge in [-0.25, -0.2) is 4.98 Å². The third-order valence-corrected chi connectivity index (χ3v) is 5.08. The summed E-state index contributed by atoms with van der Waals surface area (Å²) in [6, 6.07) is 8.59. The first kappa shape index (κ1) is 19.0. The van der Waals surface area contributed by atoms with Crippen LogP contribution in [0.4, 0.5) is 26.3 Å². The second-order valence-electron chi connectivity index (χ2n) is 5.36. The van der Waals surface area contributed by atoms with E-state index in [9.17, 15) is 26.3 Å². The fourth-order valence-corrected chi connectivity index (χ4v) is 3.25. The third kappa shape index (κ3) is 3.40. The molecule has 0 aliphatic rings. The van der Waals surface area contributed by atoms with Gasteiger partial charge in [0.1, 0.15) is 0 Å². The molecule has 26 heavy (non-hydrogen) atoms. The summed E-state index contributed by atoms with van der Waals surface area (Å²) in [4.78, 5) is 3.68. The van der Waals surface area contributed by atoms with Crippen LogP contribution in [0.1, 0.15) is 11.3 Å². The molecule has 0 unspecified atom stereocenters. The third-order valence-electron chi connectivity index (χ3n) is 3.69. The van der Waals surface area contributed by atoms with Gasteiger partial charge in [-0.2, -0.15) is 26.3 Å². The monoisotopic (exact) mass is 453 g/mol. The Balaban J connectivity index is 2.26. The molecule has 1 nitrogen and oxygen atoms in total. The van der Waals surface area contributed by atoms with Gasteiger partial charge in [0.2, 0.25) is 0 Å². The topological polar surface area (TPSA) is 12.9 Å². The fourth-order valence-electron chi connectivity index (χ4n) is 2.48. The lowest BCUT2D eigenvalue weighted by atomic mass is 10.0. The fraction of sp³-hybridized carbons (Fsp3) is 0.118. The second-order valence-corrected chi connectivity index (χ2v) is 6.53. The molecule has 0 radical (unpaired) electrons. The van der Waals surface area contributed by atoms with E-state index in [2.05, 4.69) is 20.9 Å². The SMILES string of the molecule is FC(F)(F)c1ccc(-c2cccc3c(Cl)c(Br)c(C(F)(F)F)nc23)cc1. The molecule has 1 heterocycles. The van der Waals surface area contributed by atoms with Crippen molar-refractivity contribution in [2.75, 3.05) is 0 Å². The summed E-state index contributed by atoms with van der Waals surface area (Å²) in [7, 11) is 0. The summed E-state index contributed by atoms with van der Waals surface area (Å²) in [6.45, 7) is 0. The summed E-state index contributed by atoms with van der Waals surface area (Å²) < 4.78 is 77.3. The molecule has 2 aromatic carbocycles. The molecule has 0 amide bonds. The van der Waals surface area contributed by atoms with Crippen molar-refractivity contribution in [2.45, 2.75) is 12.4 Å². The van der Waals surface area contributed by atoms with E-state index in [1.165, 1.54) is 24.3 Å². The molecule has 0 aliphatic heterocycles. The van der Waals surface area contributed by atoms with Crippen LogP contribution in [0.15, 0.2) is 46.9 Å². The molecule has 0 atom stereocenters. The minimum absolute atomic E-state index is 0.0483. The standard InChI is InChI=1S/C17H7BrClF6N/c18-12-13(19)11-3-1-2-10(14(11)26-15(12)17(23,24)25)8-4-6-9(7-5-8)16(20,21)22/h1-7H. The van der Waals surface area contributed by atoms with Gasteiger partial charge in [-0.15, -0.1) is 0 Å². The van der Waals surface area contributed by atoms with Crippen molar-refractivity contribution < 1.29 is 26.3 Å². The molecule has 1 aromatic heterocycles. The molecule has 0 saturated heterocycles. The van der Waals surface area contributed by atoms with Crippen LogP contribution in [0.2, 0.25) is 5.02 Å². The van der Waals surface area contributed by atoms with Crippen LogP contribution >= 0.6 is 27.5 Å². The molecule has 9 heteroatoms. The average Bonchev–Trinajstić information content (AvgIpc) is 2.56. The lowest BCUT2D eigenvalue weighted by Crippen LogP contribution is -2.10. The number of fused-ring (bicyclic) bond motifs is 1. The van der Waals surface area contributed by atoms with Crippen molar-refractivity contribution in [3.8, 4) is 11.1 Å². The summed E-state index contributed by atoms with van der Waals surface area (Å²) >= 11 is 8.86. The molecule has 3 rings (SSSR count). The van der Waals surface area contributed by atoms with E-state index in [0.29, 0.717) is 5.56 Å². The largest absolute Gasteiger partial charge is 0.434 e. The van der Waals surface area contributed by atoms with Gasteiger partial charge >= 0.3 is 12.4 Å². The highest BCUT2D eigenvalue weighted by Gasteiger charge is 2.37. The van der Waals surface area contributed by atoms with Crippen molar-refractivity contribution in [1.82, 2.24) is 4.98 Å². The zero-order valence-corrected chi connectivity index (χ0v) is 14.9. The summed E-state index contributed by atoms with van der Waals surface area (Å²) in [5.41, 5.74) is -1.56. The van der Waals surface area contributed by atoms with Gasteiger partial charge in [-0.3, -0.25) is 0 Å². The number of rotatable bonds is 1. The number of alkyl halides is 6. The number of pyridine rings is 1. The van der Waals surface area contributed by atoms with Gasteiger partial charge < -0.3 is 0 Å². The van der Waals surface area contributed by atoms with E-state index in [1.807, 2.05) is 0 Å². The molecule has 0 N–H and O–H groups in total. The molecule has 0 saturated carbocycles. The van der Waals surface area contributed by atoms with E-state index >= 15 is 0 Å². The first-order chi connectivity index (χ1) is 12.0. The first-order valence-corrected chi connectivity index (χ1v) is 8.20. The molecule has 136 valence electrons. The van der Waals surface area contributed by atoms with Crippen LogP contribution in [-0.4, -0.2) is 4.98 Å². The quantitative estimate of drug-likeness (QED) is 0.350. The maximum Gasteiger partial charge on any atom is 0.434 e. The number of hydrogen-bond acceptors (Lipinski definition) is 1. The Hall–Kier alpha value is -1.80. The Kier molecular flexibility index (Phi) is 4.69. The lowest BCUT2D eigenvalue weighted by Gasteiger charge is -2.14. The van der Waals surface area contributed by atoms with Gasteiger partial charge in [-0.1, -0.05) is 41.9 Å². The van der Waals surface area contributed by atoms with Crippen molar-refractivity contribution in [3.63, 3.8) is 0 Å². The maximum atomic E-state index is 13.2. The minimum Gasteiger partial charge on any atom is -0.241 e. The van der Waals surface area contributed by atoms with Gasteiger partial charge in [-0.05, 0) is 33.6 Å². The molecule has 0 aliphatic carbocycles. The summed E-state index contributed by atoms with van der Waals surface area (Å²) in [6.07, 6.45) is -9.25. The first-order valence-electron chi connectivity index (χ1n) is 7.02. The molecular formula is C17H7BrClF6N. The Bertz CT molecular complexity index is 980. The van der Waals surface area contributed by atoms with E-state index in [-0.39, 0.29) is 26.0 Å². The van der Waals surface area contributed by atoms with Gasteiger partial charge in [0, 0.05) is 10.9 Å². The normalized spacial score (nSPS) is 12.6. The lowest BCUT2D eigenvalue weighted by molar-refractivity contribution is -0.141. The van der Waals surface area contributed by atoms with Gasteiger partial charge in [0.05, 0.1) is 20.6 Å². The van der Waals surface area contributed by atoms with Crippen LogP contribution in [0.5, 0.6) is 0 Å². The number of hydrogen-bond donors (Lipinski definition) is 0. The smallest absolute Gasteiger partial charge is 0.241 e. The van der Waals surface area contributed by atoms with Gasteiger partial charge in [0.15, 0.2) is 5.69 Å². The maximum absolute atomic E-state index is 13.2. The molecule has 0 spiro atoms. The number of para-hydroxylation sites is 1. The van der Waals surface area contributed by atoms with Crippen LogP contribution < -0.4 is 0 Å². The number of halogens is 8. The average molecular weight is 455 g/mol. The van der Waals surface area contributed by atoms with Crippen LogP contribution in [0.3, 0.4) is 0 Å². The second kappa shape index (κ2) is 6.42. The van der Waals surface area contributed by atoms with Crippen molar-refractivity contribution in [1.29, 1.82) is 0 Å². The van der Waals surface area contributed by atoms with E-state index < -0.39 is 23.6 Å². The molecule has 3 aromatic rings. The Morgan fingerprint density at radius 1 is 0.846 bits per heavy atom. The van der Waals surface area contributed by atoms with Crippen molar-refractivity contribution >= 4 is 38.4 Å². The van der Waals surface area contributed by atoms with Crippen molar-refractivity contribution in [2.24, 2.45) is 0 Å². The van der Waals surface area contributed by atoms with Gasteiger partial charge in [0.25, 0.3) is 0 Å². The van der Waals surface area contributed by atoms with Crippen LogP contribution in [-0.2, 0) is 12.4 Å². The minimum atomic E-state index is -4.75. The zero-order valence-electron chi connectivity index (χ0n) is 12.5. The Morgan fingerprint density at radius 3 is 2.00 bits per heavy atom. The van der Waals surface area contributed by atoms with E-state index in [4.69, 9.17) is 11.6 Å². The van der Waals surface area contributed by atoms with Crippen LogP contribution in [0, 0.1) is 0 Å². The summed E-state index contributed by atoms with van der Waals surface area (Å²) in [5.74, 6) is 0. The number of benzene rings is 2. The highest BCUT2D eigenvalue weighted by Crippen LogP contribution is 2.42. The van der Waals surface area contributed by atoms with E-state index in [0.717, 1.165) is 12.1 Å². The zero-order chi connectivity index (χ0) is 19.3. The highest BCUT2D eigenvalue weighted by atomic mass is 79.9. The summed E-state index contributed by atoms with van der Waals surface area (Å²) in [5, 5.41) is 0.0834. The Morgan fingerprint density at radius 2 is 1.46 bits per heavy atom. The Labute approximate surface area is 156 Å². The predicted octanol–water partition coefficient (Wildman–Crippen LogP) is 7.36. The van der Waals surface area contributed by atoms with Crippen molar-refractivity contribution in [3.05, 3.63) is 63.2 Å². The van der Waals surface area contributed by atoms with E-state index in [1.54, 1.807) is 6.07 Å². The molecule has 0 bridgehead atoms. The highest BCUT2D eigenvalue weighted by molar-refractivity contribution is 9.10. The molecular weight excluding hydrogens is 448 g/mol. The molecule has 0 fully saturated rings. The number of aromatic nitrogens is 1. The van der Waals surface area contributed by atoms with Crippen LogP contribution in [0.25, 0.3) is 22.0 Å².